The summed E-state index contributed by atoms with van der Waals surface area (Å²) < 4.78 is 4.88. The molecule has 2 atom stereocenters. The minimum atomic E-state index is -0.406. The number of allylic oxidation sites excluding steroid dienone is 1. The molecule has 0 aromatic rings. The summed E-state index contributed by atoms with van der Waals surface area (Å²) in [5, 5.41) is 2.73. The van der Waals surface area contributed by atoms with Crippen LogP contribution in [-0.2, 0) is 14.3 Å². The molecule has 0 aromatic carbocycles. The molecule has 0 heterocycles. The van der Waals surface area contributed by atoms with Crippen LogP contribution in [-0.4, -0.2) is 18.5 Å². The highest BCUT2D eigenvalue weighted by atomic mass is 16.5. The summed E-state index contributed by atoms with van der Waals surface area (Å²) in [7, 11) is 0. The van der Waals surface area contributed by atoms with Crippen molar-refractivity contribution in [2.45, 2.75) is 47.5 Å². The van der Waals surface area contributed by atoms with Crippen molar-refractivity contribution in [2.24, 2.45) is 11.8 Å². The maximum atomic E-state index is 11.5. The van der Waals surface area contributed by atoms with Gasteiger partial charge in [0.05, 0.1) is 6.61 Å². The van der Waals surface area contributed by atoms with Crippen LogP contribution in [0, 0.1) is 11.8 Å². The van der Waals surface area contributed by atoms with Crippen LogP contribution < -0.4 is 5.32 Å². The van der Waals surface area contributed by atoms with Gasteiger partial charge in [-0.3, -0.25) is 4.79 Å². The van der Waals surface area contributed by atoms with Crippen molar-refractivity contribution in [3.8, 4) is 0 Å². The van der Waals surface area contributed by atoms with E-state index in [1.54, 1.807) is 6.92 Å². The maximum absolute atomic E-state index is 11.5. The molecule has 0 saturated heterocycles. The molecule has 0 spiro atoms. The van der Waals surface area contributed by atoms with Gasteiger partial charge in [-0.1, -0.05) is 33.6 Å². The predicted octanol–water partition coefficient (Wildman–Crippen LogP) is 2.64. The van der Waals surface area contributed by atoms with E-state index in [0.717, 1.165) is 12.8 Å². The SMILES string of the molecule is CCC[C@@H](C)[C@@H](C)/C(=C/C(=O)OCC)NC(C)=O. The molecule has 0 fully saturated rings. The van der Waals surface area contributed by atoms with Gasteiger partial charge in [0.1, 0.15) is 0 Å². The fourth-order valence-corrected chi connectivity index (χ4v) is 1.81. The fraction of sp³-hybridized carbons (Fsp3) is 0.714. The van der Waals surface area contributed by atoms with E-state index < -0.39 is 5.97 Å². The first-order valence-electron chi connectivity index (χ1n) is 6.58. The van der Waals surface area contributed by atoms with Crippen molar-refractivity contribution in [3.05, 3.63) is 11.8 Å². The summed E-state index contributed by atoms with van der Waals surface area (Å²) in [6.07, 6.45) is 3.53. The highest BCUT2D eigenvalue weighted by Gasteiger charge is 2.18. The van der Waals surface area contributed by atoms with Crippen LogP contribution in [0.2, 0.25) is 0 Å². The van der Waals surface area contributed by atoms with Crippen molar-refractivity contribution in [2.75, 3.05) is 6.61 Å². The molecule has 0 rings (SSSR count). The van der Waals surface area contributed by atoms with Crippen molar-refractivity contribution in [1.29, 1.82) is 0 Å². The van der Waals surface area contributed by atoms with Gasteiger partial charge in [-0.25, -0.2) is 4.79 Å². The molecule has 4 nitrogen and oxygen atoms in total. The van der Waals surface area contributed by atoms with E-state index in [-0.39, 0.29) is 11.8 Å². The summed E-state index contributed by atoms with van der Waals surface area (Å²) >= 11 is 0. The van der Waals surface area contributed by atoms with E-state index in [0.29, 0.717) is 18.2 Å². The molecule has 0 aliphatic heterocycles. The lowest BCUT2D eigenvalue weighted by molar-refractivity contribution is -0.137. The van der Waals surface area contributed by atoms with E-state index in [1.807, 2.05) is 6.92 Å². The molecule has 0 aromatic heterocycles. The van der Waals surface area contributed by atoms with Crippen LogP contribution in [0.4, 0.5) is 0 Å². The molecule has 18 heavy (non-hydrogen) atoms. The third-order valence-corrected chi connectivity index (χ3v) is 2.97. The number of ether oxygens (including phenoxy) is 1. The number of nitrogens with one attached hydrogen (secondary N) is 1. The Labute approximate surface area is 110 Å². The number of esters is 1. The Morgan fingerprint density at radius 3 is 2.33 bits per heavy atom. The molecule has 0 aliphatic carbocycles. The van der Waals surface area contributed by atoms with Gasteiger partial charge in [0.2, 0.25) is 5.91 Å². The smallest absolute Gasteiger partial charge is 0.332 e. The Kier molecular flexibility index (Phi) is 8.08. The van der Waals surface area contributed by atoms with Crippen LogP contribution in [0.1, 0.15) is 47.5 Å². The molecule has 0 radical (unpaired) electrons. The average molecular weight is 255 g/mol. The molecule has 0 saturated carbocycles. The first-order valence-corrected chi connectivity index (χ1v) is 6.58. The van der Waals surface area contributed by atoms with E-state index in [2.05, 4.69) is 19.2 Å². The summed E-state index contributed by atoms with van der Waals surface area (Å²) in [6, 6.07) is 0. The quantitative estimate of drug-likeness (QED) is 0.562. The number of hydrogen-bond acceptors (Lipinski definition) is 3. The number of hydrogen-bond donors (Lipinski definition) is 1. The Morgan fingerprint density at radius 2 is 1.89 bits per heavy atom. The Bertz CT molecular complexity index is 310. The van der Waals surface area contributed by atoms with Crippen LogP contribution in [0.5, 0.6) is 0 Å². The zero-order chi connectivity index (χ0) is 14.1. The minimum absolute atomic E-state index is 0.123. The third-order valence-electron chi connectivity index (χ3n) is 2.97. The maximum Gasteiger partial charge on any atom is 0.332 e. The van der Waals surface area contributed by atoms with Crippen LogP contribution in [0.3, 0.4) is 0 Å². The van der Waals surface area contributed by atoms with Gasteiger partial charge in [-0.15, -0.1) is 0 Å². The van der Waals surface area contributed by atoms with E-state index >= 15 is 0 Å². The summed E-state index contributed by atoms with van der Waals surface area (Å²) in [5.41, 5.74) is 0.641. The second kappa shape index (κ2) is 8.72. The van der Waals surface area contributed by atoms with Gasteiger partial charge in [-0.05, 0) is 18.8 Å². The normalized spacial score (nSPS) is 14.8. The van der Waals surface area contributed by atoms with Crippen molar-refractivity contribution in [1.82, 2.24) is 5.32 Å². The monoisotopic (exact) mass is 255 g/mol. The summed E-state index contributed by atoms with van der Waals surface area (Å²) in [4.78, 5) is 22.6. The summed E-state index contributed by atoms with van der Waals surface area (Å²) in [5.74, 6) is -0.0429. The van der Waals surface area contributed by atoms with Gasteiger partial charge in [0.15, 0.2) is 0 Å². The van der Waals surface area contributed by atoms with Gasteiger partial charge in [0, 0.05) is 18.7 Å². The lowest BCUT2D eigenvalue weighted by Gasteiger charge is -2.22. The second-order valence-electron chi connectivity index (χ2n) is 4.59. The summed E-state index contributed by atoms with van der Waals surface area (Å²) in [6.45, 7) is 9.79. The average Bonchev–Trinajstić information content (AvgIpc) is 2.27. The molecule has 1 N–H and O–H groups in total. The van der Waals surface area contributed by atoms with Gasteiger partial charge in [-0.2, -0.15) is 0 Å². The highest BCUT2D eigenvalue weighted by molar-refractivity contribution is 5.84. The minimum Gasteiger partial charge on any atom is -0.463 e. The molecule has 0 unspecified atom stereocenters. The fourth-order valence-electron chi connectivity index (χ4n) is 1.81. The number of carbonyl (C=O) groups excluding carboxylic acids is 2. The van der Waals surface area contributed by atoms with Crippen molar-refractivity contribution in [3.63, 3.8) is 0 Å². The molecule has 0 aliphatic rings. The van der Waals surface area contributed by atoms with Gasteiger partial charge in [0.25, 0.3) is 0 Å². The topological polar surface area (TPSA) is 55.4 Å². The van der Waals surface area contributed by atoms with Crippen molar-refractivity contribution < 1.29 is 14.3 Å². The van der Waals surface area contributed by atoms with Crippen LogP contribution >= 0.6 is 0 Å². The first-order chi connectivity index (χ1) is 8.42. The molecule has 104 valence electrons. The van der Waals surface area contributed by atoms with Gasteiger partial charge >= 0.3 is 5.97 Å². The standard InChI is InChI=1S/C14H25NO3/c1-6-8-10(3)11(4)13(15-12(5)16)9-14(17)18-7-2/h9-11H,6-8H2,1-5H3,(H,15,16)/b13-9-/t10-,11-/m1/s1. The van der Waals surface area contributed by atoms with E-state index in [4.69, 9.17) is 4.74 Å². The van der Waals surface area contributed by atoms with Gasteiger partial charge < -0.3 is 10.1 Å². The molecule has 1 amide bonds. The van der Waals surface area contributed by atoms with E-state index in [9.17, 15) is 9.59 Å². The first kappa shape index (κ1) is 16.7. The highest BCUT2D eigenvalue weighted by Crippen LogP contribution is 2.22. The molecule has 0 bridgehead atoms. The number of rotatable bonds is 7. The number of carbonyl (C=O) groups is 2. The molecular weight excluding hydrogens is 230 g/mol. The largest absolute Gasteiger partial charge is 0.463 e. The Balaban J connectivity index is 4.86. The van der Waals surface area contributed by atoms with Crippen LogP contribution in [0.25, 0.3) is 0 Å². The number of amides is 1. The van der Waals surface area contributed by atoms with Crippen LogP contribution in [0.15, 0.2) is 11.8 Å². The van der Waals surface area contributed by atoms with Crippen molar-refractivity contribution >= 4 is 11.9 Å². The molecule has 4 heteroatoms. The van der Waals surface area contributed by atoms with E-state index in [1.165, 1.54) is 13.0 Å². The lowest BCUT2D eigenvalue weighted by Crippen LogP contribution is -2.27. The molecular formula is C14H25NO3. The zero-order valence-electron chi connectivity index (χ0n) is 12.1. The second-order valence-corrected chi connectivity index (χ2v) is 4.59. The predicted molar refractivity (Wildman–Crippen MR) is 71.8 cm³/mol. The lowest BCUT2D eigenvalue weighted by atomic mass is 9.89. The Morgan fingerprint density at radius 1 is 1.28 bits per heavy atom. The zero-order valence-corrected chi connectivity index (χ0v) is 12.1. The third kappa shape index (κ3) is 6.42. The Hall–Kier alpha value is -1.32.